The second kappa shape index (κ2) is 5.43. The van der Waals surface area contributed by atoms with Crippen LogP contribution in [0.1, 0.15) is 10.5 Å². The number of carbonyl (C=O) groups is 1. The van der Waals surface area contributed by atoms with E-state index >= 15 is 0 Å². The fraction of sp³-hybridized carbons (Fsp3) is 0. The summed E-state index contributed by atoms with van der Waals surface area (Å²) in [5.41, 5.74) is 1.12. The Balaban J connectivity index is 1.81. The molecule has 0 bridgehead atoms. The summed E-state index contributed by atoms with van der Waals surface area (Å²) >= 11 is 4.70. The van der Waals surface area contributed by atoms with E-state index in [1.165, 1.54) is 11.3 Å². The van der Waals surface area contributed by atoms with Crippen molar-refractivity contribution in [3.05, 3.63) is 34.0 Å². The van der Waals surface area contributed by atoms with Gasteiger partial charge in [-0.2, -0.15) is 5.21 Å². The summed E-state index contributed by atoms with van der Waals surface area (Å²) in [5, 5.41) is 17.7. The maximum Gasteiger partial charge on any atom is 0.277 e. The predicted molar refractivity (Wildman–Crippen MR) is 75.2 cm³/mol. The van der Waals surface area contributed by atoms with Crippen LogP contribution in [0.15, 0.2) is 28.3 Å². The van der Waals surface area contributed by atoms with Crippen LogP contribution in [0.25, 0.3) is 10.6 Å². The molecule has 0 saturated heterocycles. The van der Waals surface area contributed by atoms with E-state index in [9.17, 15) is 4.79 Å². The Bertz CT molecular complexity index is 742. The lowest BCUT2D eigenvalue weighted by Gasteiger charge is -1.97. The van der Waals surface area contributed by atoms with Crippen molar-refractivity contribution in [2.45, 2.75) is 0 Å². The van der Waals surface area contributed by atoms with Crippen molar-refractivity contribution < 1.29 is 4.79 Å². The Morgan fingerprint density at radius 1 is 1.40 bits per heavy atom. The molecule has 3 rings (SSSR count). The summed E-state index contributed by atoms with van der Waals surface area (Å²) < 4.78 is 0.850. The number of nitrogens with one attached hydrogen (secondary N) is 2. The standard InChI is InChI=1S/C10H6BrN7OS/c11-6-1-5(2-12-3-6)9-13-7(4-20-9)8(19)14-10-15-17-18-16-10/h1-4H,(H2,14,15,16,17,18,19). The first-order valence-electron chi connectivity index (χ1n) is 5.33. The SMILES string of the molecule is O=C(Nc1nn[nH]n1)c1csc(-c2cncc(Br)c2)n1. The molecule has 0 saturated carbocycles. The van der Waals surface area contributed by atoms with Gasteiger partial charge in [-0.15, -0.1) is 16.4 Å². The van der Waals surface area contributed by atoms with Gasteiger partial charge in [0, 0.05) is 27.8 Å². The van der Waals surface area contributed by atoms with Crippen LogP contribution in [0.4, 0.5) is 5.95 Å². The topological polar surface area (TPSA) is 109 Å². The highest BCUT2D eigenvalue weighted by Gasteiger charge is 2.14. The van der Waals surface area contributed by atoms with Crippen LogP contribution < -0.4 is 5.32 Å². The van der Waals surface area contributed by atoms with Gasteiger partial charge in [0.15, 0.2) is 0 Å². The molecule has 0 aliphatic carbocycles. The van der Waals surface area contributed by atoms with E-state index in [1.54, 1.807) is 17.8 Å². The van der Waals surface area contributed by atoms with E-state index in [-0.39, 0.29) is 11.6 Å². The molecule has 3 aromatic heterocycles. The van der Waals surface area contributed by atoms with Crippen molar-refractivity contribution >= 4 is 39.1 Å². The molecular formula is C10H6BrN7OS. The molecule has 0 aromatic carbocycles. The zero-order valence-electron chi connectivity index (χ0n) is 9.74. The lowest BCUT2D eigenvalue weighted by molar-refractivity contribution is 0.102. The van der Waals surface area contributed by atoms with Gasteiger partial charge in [0.2, 0.25) is 0 Å². The molecule has 1 amide bonds. The molecule has 3 aromatic rings. The van der Waals surface area contributed by atoms with E-state index in [2.05, 4.69) is 51.8 Å². The largest absolute Gasteiger partial charge is 0.286 e. The summed E-state index contributed by atoms with van der Waals surface area (Å²) in [6.07, 6.45) is 3.37. The van der Waals surface area contributed by atoms with E-state index in [1.807, 2.05) is 6.07 Å². The smallest absolute Gasteiger partial charge is 0.277 e. The highest BCUT2D eigenvalue weighted by atomic mass is 79.9. The Hall–Kier alpha value is -2.20. The van der Waals surface area contributed by atoms with Gasteiger partial charge in [-0.1, -0.05) is 5.10 Å². The fourth-order valence-electron chi connectivity index (χ4n) is 1.42. The van der Waals surface area contributed by atoms with Crippen molar-refractivity contribution in [1.82, 2.24) is 30.6 Å². The molecule has 20 heavy (non-hydrogen) atoms. The Kier molecular flexibility index (Phi) is 3.48. The average Bonchev–Trinajstić information content (AvgIpc) is 3.09. The van der Waals surface area contributed by atoms with Crippen LogP contribution in [-0.2, 0) is 0 Å². The first kappa shape index (κ1) is 12.8. The minimum atomic E-state index is -0.392. The first-order valence-corrected chi connectivity index (χ1v) is 7.01. The number of thiazole rings is 1. The molecule has 0 fully saturated rings. The van der Waals surface area contributed by atoms with Crippen LogP contribution in [-0.4, -0.2) is 36.5 Å². The summed E-state index contributed by atoms with van der Waals surface area (Å²) in [5.74, 6) is -0.287. The molecule has 0 aliphatic heterocycles. The summed E-state index contributed by atoms with van der Waals surface area (Å²) in [4.78, 5) is 20.2. The Labute approximate surface area is 124 Å². The van der Waals surface area contributed by atoms with E-state index in [4.69, 9.17) is 0 Å². The number of H-pyrrole nitrogens is 1. The molecule has 8 nitrogen and oxygen atoms in total. The van der Waals surface area contributed by atoms with Crippen molar-refractivity contribution in [2.75, 3.05) is 5.32 Å². The number of anilines is 1. The third-order valence-electron chi connectivity index (χ3n) is 2.26. The Morgan fingerprint density at radius 2 is 2.30 bits per heavy atom. The summed E-state index contributed by atoms with van der Waals surface area (Å²) in [6.45, 7) is 0. The van der Waals surface area contributed by atoms with Gasteiger partial charge < -0.3 is 0 Å². The second-order valence-electron chi connectivity index (χ2n) is 3.62. The second-order valence-corrected chi connectivity index (χ2v) is 5.39. The maximum absolute atomic E-state index is 11.9. The van der Waals surface area contributed by atoms with Gasteiger partial charge in [0.25, 0.3) is 11.9 Å². The fourth-order valence-corrected chi connectivity index (χ4v) is 2.57. The van der Waals surface area contributed by atoms with Crippen LogP contribution in [0, 0.1) is 0 Å². The third-order valence-corrected chi connectivity index (χ3v) is 3.58. The van der Waals surface area contributed by atoms with Gasteiger partial charge in [0.05, 0.1) is 0 Å². The zero-order chi connectivity index (χ0) is 13.9. The number of rotatable bonds is 3. The molecule has 0 aliphatic rings. The van der Waals surface area contributed by atoms with Crippen LogP contribution in [0.2, 0.25) is 0 Å². The molecule has 0 atom stereocenters. The lowest BCUT2D eigenvalue weighted by Crippen LogP contribution is -2.13. The number of tetrazole rings is 1. The number of aromatic nitrogens is 6. The van der Waals surface area contributed by atoms with Gasteiger partial charge in [-0.25, -0.2) is 4.98 Å². The minimum absolute atomic E-state index is 0.105. The van der Waals surface area contributed by atoms with Gasteiger partial charge >= 0.3 is 0 Å². The van der Waals surface area contributed by atoms with Gasteiger partial charge in [0.1, 0.15) is 10.7 Å². The van der Waals surface area contributed by atoms with Crippen molar-refractivity contribution in [1.29, 1.82) is 0 Å². The monoisotopic (exact) mass is 351 g/mol. The van der Waals surface area contributed by atoms with E-state index < -0.39 is 5.91 Å². The number of halogens is 1. The van der Waals surface area contributed by atoms with Crippen molar-refractivity contribution in [2.24, 2.45) is 0 Å². The number of pyridine rings is 1. The molecule has 100 valence electrons. The van der Waals surface area contributed by atoms with Crippen molar-refractivity contribution in [3.63, 3.8) is 0 Å². The Morgan fingerprint density at radius 3 is 3.05 bits per heavy atom. The quantitative estimate of drug-likeness (QED) is 0.743. The lowest BCUT2D eigenvalue weighted by atomic mass is 10.3. The number of hydrogen-bond acceptors (Lipinski definition) is 7. The van der Waals surface area contributed by atoms with E-state index in [0.29, 0.717) is 5.01 Å². The van der Waals surface area contributed by atoms with Crippen LogP contribution in [0.5, 0.6) is 0 Å². The van der Waals surface area contributed by atoms with E-state index in [0.717, 1.165) is 10.0 Å². The number of amides is 1. The van der Waals surface area contributed by atoms with Crippen LogP contribution in [0.3, 0.4) is 0 Å². The summed E-state index contributed by atoms with van der Waals surface area (Å²) in [6, 6.07) is 1.88. The molecule has 0 spiro atoms. The van der Waals surface area contributed by atoms with Gasteiger partial charge in [-0.3, -0.25) is 15.1 Å². The minimum Gasteiger partial charge on any atom is -0.286 e. The molecule has 10 heteroatoms. The number of carbonyl (C=O) groups excluding carboxylic acids is 1. The van der Waals surface area contributed by atoms with Crippen molar-refractivity contribution in [3.8, 4) is 10.6 Å². The molecule has 0 unspecified atom stereocenters. The molecular weight excluding hydrogens is 346 g/mol. The predicted octanol–water partition coefficient (Wildman–Crippen LogP) is 1.73. The number of hydrogen-bond donors (Lipinski definition) is 2. The maximum atomic E-state index is 11.9. The summed E-state index contributed by atoms with van der Waals surface area (Å²) in [7, 11) is 0. The molecule has 2 N–H and O–H groups in total. The molecule has 3 heterocycles. The third kappa shape index (κ3) is 2.70. The number of aromatic amines is 1. The average molecular weight is 352 g/mol. The normalized spacial score (nSPS) is 10.4. The van der Waals surface area contributed by atoms with Crippen LogP contribution >= 0.6 is 27.3 Å². The van der Waals surface area contributed by atoms with Gasteiger partial charge in [-0.05, 0) is 27.2 Å². The highest BCUT2D eigenvalue weighted by molar-refractivity contribution is 9.10. The zero-order valence-corrected chi connectivity index (χ0v) is 12.1. The first-order chi connectivity index (χ1) is 9.72. The highest BCUT2D eigenvalue weighted by Crippen LogP contribution is 2.25. The molecule has 0 radical (unpaired) electrons. The number of nitrogens with zero attached hydrogens (tertiary/aromatic N) is 5.